The van der Waals surface area contributed by atoms with Gasteiger partial charge in [0.25, 0.3) is 0 Å². The van der Waals surface area contributed by atoms with Crippen molar-refractivity contribution in [1.82, 2.24) is 58.8 Å². The Labute approximate surface area is 499 Å². The Morgan fingerprint density at radius 1 is 0.415 bits per heavy atom. The van der Waals surface area contributed by atoms with E-state index in [0.717, 1.165) is 205 Å². The summed E-state index contributed by atoms with van der Waals surface area (Å²) in [7, 11) is 25.9. The summed E-state index contributed by atoms with van der Waals surface area (Å²) in [6.07, 6.45) is 10.3. The van der Waals surface area contributed by atoms with Crippen molar-refractivity contribution in [3.05, 3.63) is 45.1 Å². The molecule has 2 aliphatic carbocycles. The fraction of sp³-hybridized carbons (Fsp3) is 0.812. The van der Waals surface area contributed by atoms with Crippen molar-refractivity contribution in [2.45, 2.75) is 105 Å². The molecule has 18 nitrogen and oxygen atoms in total. The number of rotatable bonds is 37. The van der Waals surface area contributed by atoms with Gasteiger partial charge in [0.2, 0.25) is 0 Å². The predicted octanol–water partition coefficient (Wildman–Crippen LogP) is 6.11. The molecule has 4 rings (SSSR count). The molecule has 0 amide bonds. The fourth-order valence-electron chi connectivity index (χ4n) is 11.6. The molecule has 0 bridgehead atoms. The Balaban J connectivity index is 1.34. The van der Waals surface area contributed by atoms with E-state index in [1.54, 1.807) is 0 Å². The van der Waals surface area contributed by atoms with Gasteiger partial charge in [-0.15, -0.1) is 0 Å². The van der Waals surface area contributed by atoms with Gasteiger partial charge in [-0.1, -0.05) is 27.7 Å². The number of likely N-dealkylation sites (tertiary alicyclic amines) is 2. The zero-order valence-corrected chi connectivity index (χ0v) is 54.9. The van der Waals surface area contributed by atoms with Crippen molar-refractivity contribution in [1.29, 1.82) is 10.5 Å². The Morgan fingerprint density at radius 3 is 0.951 bits per heavy atom. The highest BCUT2D eigenvalue weighted by molar-refractivity contribution is 5.95. The SMILES string of the molecule is CN(C)CCN(C)CCN(C)CCN(C)CCN(C)C1=C(N2CCCC2)CC(C)(C)C/C1=C(/C#N)C(=O)OCCCCCCOC(=O)/C(C#N)=C1\CC(C)(C)CC(N2CCCC2)=C1N(C)CCN(C)CCN(C)CCN(C)CCN(C)C. The second-order valence-electron chi connectivity index (χ2n) is 26.9. The molecule has 0 aromatic carbocycles. The first kappa shape index (κ1) is 70.2. The van der Waals surface area contributed by atoms with Crippen molar-refractivity contribution in [3.63, 3.8) is 0 Å². The van der Waals surface area contributed by atoms with Gasteiger partial charge in [0.05, 0.1) is 24.6 Å². The molecule has 18 heteroatoms. The predicted molar refractivity (Wildman–Crippen MR) is 335 cm³/mol. The summed E-state index contributed by atoms with van der Waals surface area (Å²) in [5.74, 6) is -1.11. The summed E-state index contributed by atoms with van der Waals surface area (Å²) in [5, 5.41) is 21.4. The number of carbonyl (C=O) groups is 2. The Bertz CT molecular complexity index is 2040. The highest BCUT2D eigenvalue weighted by atomic mass is 16.5. The number of nitriles is 2. The third kappa shape index (κ3) is 24.0. The molecule has 0 aromatic heterocycles. The molecule has 0 saturated carbocycles. The number of hydrogen-bond acceptors (Lipinski definition) is 18. The number of esters is 2. The van der Waals surface area contributed by atoms with Gasteiger partial charge in [-0.05, 0) is 158 Å². The van der Waals surface area contributed by atoms with E-state index < -0.39 is 11.9 Å². The minimum absolute atomic E-state index is 0.112. The van der Waals surface area contributed by atoms with Gasteiger partial charge in [0, 0.05) is 168 Å². The zero-order chi connectivity index (χ0) is 60.6. The van der Waals surface area contributed by atoms with Crippen molar-refractivity contribution in [2.24, 2.45) is 10.8 Å². The summed E-state index contributed by atoms with van der Waals surface area (Å²) < 4.78 is 11.8. The second-order valence-corrected chi connectivity index (χ2v) is 26.9. The number of likely N-dealkylation sites (N-methyl/N-ethyl adjacent to an activating group) is 10. The van der Waals surface area contributed by atoms with Crippen molar-refractivity contribution < 1.29 is 19.1 Å². The van der Waals surface area contributed by atoms with Crippen LogP contribution in [0.2, 0.25) is 0 Å². The highest BCUT2D eigenvalue weighted by Gasteiger charge is 2.40. The smallest absolute Gasteiger partial charge is 0.349 e. The lowest BCUT2D eigenvalue weighted by molar-refractivity contribution is -0.140. The largest absolute Gasteiger partial charge is 0.462 e. The fourth-order valence-corrected chi connectivity index (χ4v) is 11.6. The molecule has 2 saturated heterocycles. The van der Waals surface area contributed by atoms with Gasteiger partial charge in [-0.2, -0.15) is 10.5 Å². The molecular weight excluding hydrogens is 1030 g/mol. The van der Waals surface area contributed by atoms with E-state index in [1.807, 2.05) is 0 Å². The van der Waals surface area contributed by atoms with Gasteiger partial charge in [-0.3, -0.25) is 0 Å². The van der Waals surface area contributed by atoms with Gasteiger partial charge >= 0.3 is 11.9 Å². The van der Waals surface area contributed by atoms with Crippen LogP contribution in [0.4, 0.5) is 0 Å². The van der Waals surface area contributed by atoms with Crippen molar-refractivity contribution in [3.8, 4) is 12.1 Å². The van der Waals surface area contributed by atoms with E-state index in [2.05, 4.69) is 183 Å². The van der Waals surface area contributed by atoms with Crippen LogP contribution in [0.15, 0.2) is 45.1 Å². The van der Waals surface area contributed by atoms with Crippen LogP contribution in [0.5, 0.6) is 0 Å². The van der Waals surface area contributed by atoms with E-state index in [4.69, 9.17) is 9.47 Å². The number of nitrogens with zero attached hydrogens (tertiary/aromatic N) is 14. The van der Waals surface area contributed by atoms with E-state index in [9.17, 15) is 20.1 Å². The van der Waals surface area contributed by atoms with Gasteiger partial charge in [0.1, 0.15) is 23.3 Å². The Hall–Kier alpha value is -4.24. The molecule has 2 heterocycles. The summed E-state index contributed by atoms with van der Waals surface area (Å²) in [6.45, 7) is 28.7. The highest BCUT2D eigenvalue weighted by Crippen LogP contribution is 2.47. The Kier molecular flexibility index (Phi) is 30.2. The second kappa shape index (κ2) is 35.3. The molecular formula is C64H116N14O4. The third-order valence-corrected chi connectivity index (χ3v) is 17.1. The molecule has 0 unspecified atom stereocenters. The lowest BCUT2D eigenvalue weighted by atomic mass is 9.73. The quantitative estimate of drug-likeness (QED) is 0.0306. The lowest BCUT2D eigenvalue weighted by Crippen LogP contribution is -2.40. The molecule has 0 atom stereocenters. The first-order valence-electron chi connectivity index (χ1n) is 31.3. The van der Waals surface area contributed by atoms with Crippen LogP contribution in [-0.2, 0) is 19.1 Å². The van der Waals surface area contributed by atoms with Crippen LogP contribution >= 0.6 is 0 Å². The minimum atomic E-state index is -0.557. The van der Waals surface area contributed by atoms with Gasteiger partial charge in [-0.25, -0.2) is 9.59 Å². The maximum absolute atomic E-state index is 14.0. The maximum Gasteiger partial charge on any atom is 0.349 e. The molecule has 0 aromatic rings. The number of unbranched alkanes of at least 4 members (excludes halogenated alkanes) is 3. The number of hydrogen-bond donors (Lipinski definition) is 0. The third-order valence-electron chi connectivity index (χ3n) is 17.1. The molecule has 0 N–H and O–H groups in total. The number of carbonyl (C=O) groups excluding carboxylic acids is 2. The van der Waals surface area contributed by atoms with Crippen LogP contribution in [0, 0.1) is 33.5 Å². The first-order chi connectivity index (χ1) is 38.8. The van der Waals surface area contributed by atoms with E-state index in [1.165, 1.54) is 11.4 Å². The van der Waals surface area contributed by atoms with Crippen LogP contribution in [-0.4, -0.2) is 299 Å². The average Bonchev–Trinajstić information content (AvgIpc) is 4.18. The Morgan fingerprint density at radius 2 is 0.683 bits per heavy atom. The van der Waals surface area contributed by atoms with Crippen LogP contribution < -0.4 is 0 Å². The van der Waals surface area contributed by atoms with Crippen molar-refractivity contribution >= 4 is 11.9 Å². The average molecular weight is 1150 g/mol. The summed E-state index contributed by atoms with van der Waals surface area (Å²) in [6, 6.07) is 4.66. The molecule has 2 fully saturated rings. The normalized spacial score (nSPS) is 18.8. The van der Waals surface area contributed by atoms with Crippen LogP contribution in [0.25, 0.3) is 0 Å². The standard InChI is InChI=1S/C64H116N14O4/c1-63(2)47-53(59(57(49-63)77-25-19-20-26-77)75(15)43-41-73(13)39-37-71(11)35-33-69(9)31-29-67(5)6)55(51-65)61(79)81-45-23-17-18-24-46-82-62(80)56(52-66)54-48-64(3,4)50-58(78-27-21-22-28-78)60(54)76(16)44-42-74(14)40-38-72(12)36-34-70(10)32-30-68(7)8/h17-50H2,1-16H3/b55-53+,56-54+. The van der Waals surface area contributed by atoms with Gasteiger partial charge < -0.3 is 68.3 Å². The maximum atomic E-state index is 14.0. The summed E-state index contributed by atoms with van der Waals surface area (Å²) >= 11 is 0. The molecule has 82 heavy (non-hydrogen) atoms. The number of ether oxygens (including phenoxy) is 2. The van der Waals surface area contributed by atoms with E-state index >= 15 is 0 Å². The van der Waals surface area contributed by atoms with Crippen LogP contribution in [0.3, 0.4) is 0 Å². The lowest BCUT2D eigenvalue weighted by Gasteiger charge is -2.42. The zero-order valence-electron chi connectivity index (χ0n) is 54.9. The molecule has 0 radical (unpaired) electrons. The molecule has 0 spiro atoms. The molecule has 466 valence electrons. The monoisotopic (exact) mass is 1140 g/mol. The molecule has 4 aliphatic rings. The topological polar surface area (TPSA) is 139 Å². The van der Waals surface area contributed by atoms with Gasteiger partial charge in [0.15, 0.2) is 0 Å². The number of allylic oxidation sites excluding steroid dienone is 4. The summed E-state index contributed by atoms with van der Waals surface area (Å²) in [4.78, 5) is 56.4. The minimum Gasteiger partial charge on any atom is -0.462 e. The van der Waals surface area contributed by atoms with Crippen LogP contribution in [0.1, 0.15) is 105 Å². The van der Waals surface area contributed by atoms with E-state index in [-0.39, 0.29) is 35.2 Å². The van der Waals surface area contributed by atoms with E-state index in [0.29, 0.717) is 25.7 Å². The van der Waals surface area contributed by atoms with Crippen molar-refractivity contribution in [2.75, 3.05) is 229 Å². The first-order valence-corrected chi connectivity index (χ1v) is 31.3. The summed E-state index contributed by atoms with van der Waals surface area (Å²) in [5.41, 5.74) is 6.08. The molecule has 2 aliphatic heterocycles.